The summed E-state index contributed by atoms with van der Waals surface area (Å²) in [6, 6.07) is 0. The van der Waals surface area contributed by atoms with Crippen LogP contribution in [0.2, 0.25) is 0 Å². The van der Waals surface area contributed by atoms with Crippen LogP contribution in [-0.4, -0.2) is 15.8 Å². The Morgan fingerprint density at radius 2 is 2.08 bits per heavy atom. The summed E-state index contributed by atoms with van der Waals surface area (Å²) in [7, 11) is 0. The van der Waals surface area contributed by atoms with E-state index >= 15 is 0 Å². The summed E-state index contributed by atoms with van der Waals surface area (Å²) in [5, 5.41) is 1.64. The highest BCUT2D eigenvalue weighted by atomic mass is 32.1. The van der Waals surface area contributed by atoms with Crippen molar-refractivity contribution in [1.82, 2.24) is 10.4 Å². The highest BCUT2D eigenvalue weighted by molar-refractivity contribution is 7.80. The van der Waals surface area contributed by atoms with E-state index in [1.807, 2.05) is 20.8 Å². The lowest BCUT2D eigenvalue weighted by Crippen LogP contribution is -2.41. The number of thiocarbonyl (C=S) groups is 1. The second-order valence-electron chi connectivity index (χ2n) is 2.11. The van der Waals surface area contributed by atoms with Crippen LogP contribution in [0.5, 0.6) is 0 Å². The average Bonchev–Trinajstić information content (AvgIpc) is 2.14. The molecule has 0 atom stereocenters. The van der Waals surface area contributed by atoms with Crippen LogP contribution in [0, 0.1) is 0 Å². The molecule has 0 amide bonds. The fourth-order valence-electron chi connectivity index (χ4n) is 0.743. The van der Waals surface area contributed by atoms with Gasteiger partial charge in [-0.05, 0) is 6.92 Å². The number of nitrogens with one attached hydrogen (secondary N) is 1. The molecule has 0 aromatic carbocycles. The first-order chi connectivity index (χ1) is 6.15. The van der Waals surface area contributed by atoms with Gasteiger partial charge < -0.3 is 0 Å². The maximum Gasteiger partial charge on any atom is 0.153 e. The molecule has 1 aliphatic rings. The lowest BCUT2D eigenvalue weighted by molar-refractivity contribution is 0.434. The van der Waals surface area contributed by atoms with Crippen LogP contribution in [0.1, 0.15) is 20.8 Å². The highest BCUT2D eigenvalue weighted by Crippen LogP contribution is 2.07. The van der Waals surface area contributed by atoms with Gasteiger partial charge in [-0.25, -0.2) is 4.99 Å². The van der Waals surface area contributed by atoms with Crippen molar-refractivity contribution in [2.45, 2.75) is 20.8 Å². The van der Waals surface area contributed by atoms with Gasteiger partial charge in [0.05, 0.1) is 5.70 Å². The number of amidine groups is 1. The van der Waals surface area contributed by atoms with Crippen molar-refractivity contribution in [2.75, 3.05) is 0 Å². The molecule has 1 aliphatic heterocycles. The third-order valence-corrected chi connectivity index (χ3v) is 1.60. The van der Waals surface area contributed by atoms with Crippen LogP contribution in [0.4, 0.5) is 0 Å². The quantitative estimate of drug-likeness (QED) is 0.516. The number of rotatable bonds is 1. The minimum atomic E-state index is 0.501. The molecule has 13 heavy (non-hydrogen) atoms. The molecule has 1 rings (SSSR count). The Morgan fingerprint density at radius 3 is 2.54 bits per heavy atom. The van der Waals surface area contributed by atoms with Gasteiger partial charge >= 0.3 is 0 Å². The van der Waals surface area contributed by atoms with E-state index in [2.05, 4.69) is 23.6 Å². The van der Waals surface area contributed by atoms with E-state index in [-0.39, 0.29) is 0 Å². The Labute approximate surface area is 84.8 Å². The first-order valence-corrected chi connectivity index (χ1v) is 4.53. The van der Waals surface area contributed by atoms with E-state index in [4.69, 9.17) is 12.2 Å². The third-order valence-electron chi connectivity index (χ3n) is 1.27. The number of hydrogen-bond donors (Lipinski definition) is 1. The van der Waals surface area contributed by atoms with Crippen molar-refractivity contribution in [2.24, 2.45) is 4.99 Å². The van der Waals surface area contributed by atoms with Crippen molar-refractivity contribution < 1.29 is 0 Å². The van der Waals surface area contributed by atoms with Gasteiger partial charge in [0, 0.05) is 6.20 Å². The predicted octanol–water partition coefficient (Wildman–Crippen LogP) is 2.24. The van der Waals surface area contributed by atoms with Gasteiger partial charge in [-0.2, -0.15) is 0 Å². The molecule has 0 radical (unpaired) electrons. The summed E-state index contributed by atoms with van der Waals surface area (Å²) in [5.41, 5.74) is 3.58. The first kappa shape index (κ1) is 11.8. The van der Waals surface area contributed by atoms with Gasteiger partial charge in [-0.15, -0.1) is 0 Å². The SMILES string of the molecule is C=CN1NC(C)=NC(=S)C1=C.CC. The van der Waals surface area contributed by atoms with Crippen molar-refractivity contribution in [3.05, 3.63) is 25.1 Å². The zero-order valence-electron chi connectivity index (χ0n) is 8.29. The minimum absolute atomic E-state index is 0.501. The largest absolute Gasteiger partial charge is 0.281 e. The van der Waals surface area contributed by atoms with E-state index in [1.165, 1.54) is 0 Å². The van der Waals surface area contributed by atoms with Crippen LogP contribution >= 0.6 is 12.2 Å². The zero-order valence-corrected chi connectivity index (χ0v) is 9.11. The summed E-state index contributed by atoms with van der Waals surface area (Å²) < 4.78 is 0. The Balaban J connectivity index is 0.000000671. The summed E-state index contributed by atoms with van der Waals surface area (Å²) in [4.78, 5) is 4.51. The highest BCUT2D eigenvalue weighted by Gasteiger charge is 2.14. The van der Waals surface area contributed by atoms with Crippen molar-refractivity contribution in [3.8, 4) is 0 Å². The third kappa shape index (κ3) is 2.99. The van der Waals surface area contributed by atoms with Crippen LogP contribution in [-0.2, 0) is 0 Å². The molecular weight excluding hydrogens is 182 g/mol. The smallest absolute Gasteiger partial charge is 0.153 e. The van der Waals surface area contributed by atoms with Gasteiger partial charge in [0.15, 0.2) is 4.99 Å². The fraction of sp³-hybridized carbons (Fsp3) is 0.333. The van der Waals surface area contributed by atoms with Gasteiger partial charge in [-0.1, -0.05) is 39.2 Å². The van der Waals surface area contributed by atoms with E-state index in [1.54, 1.807) is 11.2 Å². The summed E-state index contributed by atoms with van der Waals surface area (Å²) in [6.07, 6.45) is 1.60. The Hall–Kier alpha value is -1.16. The second-order valence-corrected chi connectivity index (χ2v) is 2.50. The first-order valence-electron chi connectivity index (χ1n) is 4.12. The van der Waals surface area contributed by atoms with Gasteiger partial charge in [0.25, 0.3) is 0 Å². The molecule has 0 aromatic heterocycles. The van der Waals surface area contributed by atoms with E-state index < -0.39 is 0 Å². The van der Waals surface area contributed by atoms with E-state index in [0.717, 1.165) is 5.84 Å². The van der Waals surface area contributed by atoms with Crippen molar-refractivity contribution >= 4 is 23.0 Å². The van der Waals surface area contributed by atoms with Crippen LogP contribution in [0.3, 0.4) is 0 Å². The molecule has 1 N–H and O–H groups in total. The monoisotopic (exact) mass is 197 g/mol. The van der Waals surface area contributed by atoms with E-state index in [0.29, 0.717) is 10.7 Å². The molecule has 1 heterocycles. The Kier molecular flexibility index (Phi) is 4.99. The molecule has 0 unspecified atom stereocenters. The van der Waals surface area contributed by atoms with E-state index in [9.17, 15) is 0 Å². The summed E-state index contributed by atoms with van der Waals surface area (Å²) in [6.45, 7) is 13.1. The number of hydrogen-bond acceptors (Lipinski definition) is 3. The molecule has 0 aliphatic carbocycles. The number of nitrogens with zero attached hydrogens (tertiary/aromatic N) is 2. The Bertz CT molecular complexity index is 256. The normalized spacial score (nSPS) is 15.3. The average molecular weight is 197 g/mol. The minimum Gasteiger partial charge on any atom is -0.281 e. The van der Waals surface area contributed by atoms with Gasteiger partial charge in [0.1, 0.15) is 5.84 Å². The molecule has 0 aromatic rings. The predicted molar refractivity (Wildman–Crippen MR) is 61.4 cm³/mol. The maximum absolute atomic E-state index is 4.93. The zero-order chi connectivity index (χ0) is 10.4. The summed E-state index contributed by atoms with van der Waals surface area (Å²) >= 11 is 4.93. The van der Waals surface area contributed by atoms with Gasteiger partial charge in [0.2, 0.25) is 0 Å². The lowest BCUT2D eigenvalue weighted by atomic mass is 10.4. The fourth-order valence-corrected chi connectivity index (χ4v) is 0.978. The number of aliphatic imine (C=N–C) groups is 1. The Morgan fingerprint density at radius 1 is 1.54 bits per heavy atom. The number of hydrazine groups is 1. The lowest BCUT2D eigenvalue weighted by Gasteiger charge is -2.26. The molecule has 0 saturated heterocycles. The molecule has 4 heteroatoms. The molecule has 0 spiro atoms. The standard InChI is InChI=1S/C7H9N3S.C2H6/c1-4-10-5(2)7(11)8-6(3)9-10;1-2/h4H,1-2H2,3H3,(H,8,9,11);1-2H3. The van der Waals surface area contributed by atoms with Crippen LogP contribution < -0.4 is 5.43 Å². The van der Waals surface area contributed by atoms with Gasteiger partial charge in [-0.3, -0.25) is 10.4 Å². The molecule has 0 bridgehead atoms. The topological polar surface area (TPSA) is 27.6 Å². The molecule has 72 valence electrons. The van der Waals surface area contributed by atoms with Crippen molar-refractivity contribution in [3.63, 3.8) is 0 Å². The molecule has 3 nitrogen and oxygen atoms in total. The van der Waals surface area contributed by atoms with Crippen LogP contribution in [0.25, 0.3) is 0 Å². The molecule has 0 saturated carbocycles. The second kappa shape index (κ2) is 5.48. The maximum atomic E-state index is 4.93. The summed E-state index contributed by atoms with van der Waals surface area (Å²) in [5.74, 6) is 0.752. The molecular formula is C9H15N3S. The van der Waals surface area contributed by atoms with Crippen LogP contribution in [0.15, 0.2) is 30.0 Å². The molecule has 0 fully saturated rings. The van der Waals surface area contributed by atoms with Crippen molar-refractivity contribution in [1.29, 1.82) is 0 Å².